The summed E-state index contributed by atoms with van der Waals surface area (Å²) in [5, 5.41) is 7.73. The average molecular weight is 347 g/mol. The zero-order chi connectivity index (χ0) is 17.8. The Morgan fingerprint density at radius 1 is 0.962 bits per heavy atom. The minimum atomic E-state index is 0.568. The van der Waals surface area contributed by atoms with E-state index in [2.05, 4.69) is 70.9 Å². The molecule has 0 amide bonds. The van der Waals surface area contributed by atoms with E-state index in [9.17, 15) is 0 Å². The Labute approximate surface area is 154 Å². The molecule has 0 aliphatic heterocycles. The van der Waals surface area contributed by atoms with Crippen molar-refractivity contribution in [1.29, 1.82) is 0 Å². The first-order chi connectivity index (χ1) is 12.8. The summed E-state index contributed by atoms with van der Waals surface area (Å²) < 4.78 is 5.46. The number of hydrogen-bond donors (Lipinski definition) is 1. The molecule has 134 valence electrons. The number of nitrogens with one attached hydrogen (secondary N) is 1. The molecule has 0 bridgehead atoms. The second kappa shape index (κ2) is 7.83. The summed E-state index contributed by atoms with van der Waals surface area (Å²) in [5.41, 5.74) is 4.57. The van der Waals surface area contributed by atoms with E-state index in [1.165, 1.54) is 30.4 Å². The van der Waals surface area contributed by atoms with E-state index in [0.29, 0.717) is 17.8 Å². The fourth-order valence-corrected chi connectivity index (χ4v) is 3.21. The van der Waals surface area contributed by atoms with Gasteiger partial charge in [-0.1, -0.05) is 61.3 Å². The monoisotopic (exact) mass is 347 g/mol. The molecule has 26 heavy (non-hydrogen) atoms. The van der Waals surface area contributed by atoms with Gasteiger partial charge in [-0.3, -0.25) is 0 Å². The lowest BCUT2D eigenvalue weighted by atomic mass is 9.93. The summed E-state index contributed by atoms with van der Waals surface area (Å²) in [7, 11) is 0. The van der Waals surface area contributed by atoms with Gasteiger partial charge in [-0.05, 0) is 42.5 Å². The maximum absolute atomic E-state index is 5.46. The van der Waals surface area contributed by atoms with E-state index in [1.54, 1.807) is 0 Å². The van der Waals surface area contributed by atoms with E-state index >= 15 is 0 Å². The molecule has 2 aromatic carbocycles. The van der Waals surface area contributed by atoms with Crippen LogP contribution in [-0.4, -0.2) is 16.2 Å². The second-order valence-electron chi connectivity index (χ2n) is 7.08. The molecule has 1 aliphatic rings. The van der Waals surface area contributed by atoms with E-state index in [-0.39, 0.29) is 0 Å². The van der Waals surface area contributed by atoms with E-state index < -0.39 is 0 Å². The van der Waals surface area contributed by atoms with Gasteiger partial charge in [0.1, 0.15) is 0 Å². The minimum Gasteiger partial charge on any atom is -0.334 e. The van der Waals surface area contributed by atoms with Gasteiger partial charge in [-0.2, -0.15) is 4.98 Å². The third-order valence-electron chi connectivity index (χ3n) is 5.08. The van der Waals surface area contributed by atoms with Crippen LogP contribution in [-0.2, 0) is 13.0 Å². The van der Waals surface area contributed by atoms with Crippen LogP contribution in [0.1, 0.15) is 43.7 Å². The van der Waals surface area contributed by atoms with Crippen LogP contribution in [0.25, 0.3) is 22.8 Å². The molecule has 1 heterocycles. The van der Waals surface area contributed by atoms with Crippen LogP contribution in [0.15, 0.2) is 53.1 Å². The molecule has 0 saturated heterocycles. The van der Waals surface area contributed by atoms with Gasteiger partial charge < -0.3 is 9.84 Å². The smallest absolute Gasteiger partial charge is 0.258 e. The topological polar surface area (TPSA) is 51.0 Å². The first kappa shape index (κ1) is 17.0. The van der Waals surface area contributed by atoms with Gasteiger partial charge in [0.05, 0.1) is 0 Å². The maximum atomic E-state index is 5.46. The largest absolute Gasteiger partial charge is 0.334 e. The highest BCUT2D eigenvalue weighted by molar-refractivity contribution is 5.60. The molecule has 4 heteroatoms. The fraction of sp³-hybridized carbons (Fsp3) is 0.364. The lowest BCUT2D eigenvalue weighted by Crippen LogP contribution is -2.34. The van der Waals surface area contributed by atoms with E-state index in [4.69, 9.17) is 4.52 Å². The Bertz CT molecular complexity index is 833. The van der Waals surface area contributed by atoms with Crippen molar-refractivity contribution in [3.05, 3.63) is 59.7 Å². The number of nitrogens with zero attached hydrogens (tertiary/aromatic N) is 2. The highest BCUT2D eigenvalue weighted by Crippen LogP contribution is 2.23. The highest BCUT2D eigenvalue weighted by atomic mass is 16.5. The predicted molar refractivity (Wildman–Crippen MR) is 104 cm³/mol. The lowest BCUT2D eigenvalue weighted by Gasteiger charge is -2.26. The molecule has 1 aliphatic carbocycles. The molecule has 1 aromatic heterocycles. The highest BCUT2D eigenvalue weighted by Gasteiger charge is 2.16. The number of hydrogen-bond acceptors (Lipinski definition) is 4. The van der Waals surface area contributed by atoms with Crippen molar-refractivity contribution in [3.63, 3.8) is 0 Å². The Morgan fingerprint density at radius 3 is 2.31 bits per heavy atom. The molecule has 1 N–H and O–H groups in total. The van der Waals surface area contributed by atoms with E-state index in [1.807, 2.05) is 0 Å². The van der Waals surface area contributed by atoms with Crippen LogP contribution in [0.4, 0.5) is 0 Å². The van der Waals surface area contributed by atoms with Crippen LogP contribution in [0.5, 0.6) is 0 Å². The average Bonchev–Trinajstić information content (AvgIpc) is 3.12. The normalized spacial score (nSPS) is 14.3. The third kappa shape index (κ3) is 3.86. The SMILES string of the molecule is CCCc1ccc(-c2nc(-c3ccc(CNC4CCC4)cc3)no2)cc1. The van der Waals surface area contributed by atoms with Gasteiger partial charge in [0.15, 0.2) is 0 Å². The summed E-state index contributed by atoms with van der Waals surface area (Å²) >= 11 is 0. The van der Waals surface area contributed by atoms with Crippen LogP contribution >= 0.6 is 0 Å². The molecule has 0 atom stereocenters. The summed E-state index contributed by atoms with van der Waals surface area (Å²) in [6, 6.07) is 17.5. The Balaban J connectivity index is 1.43. The van der Waals surface area contributed by atoms with Gasteiger partial charge in [-0.25, -0.2) is 0 Å². The molecule has 0 spiro atoms. The zero-order valence-corrected chi connectivity index (χ0v) is 15.2. The van der Waals surface area contributed by atoms with Crippen molar-refractivity contribution in [3.8, 4) is 22.8 Å². The lowest BCUT2D eigenvalue weighted by molar-refractivity contribution is 0.338. The summed E-state index contributed by atoms with van der Waals surface area (Å²) in [5.74, 6) is 1.20. The minimum absolute atomic E-state index is 0.568. The molecular weight excluding hydrogens is 322 g/mol. The molecule has 1 fully saturated rings. The molecule has 1 saturated carbocycles. The predicted octanol–water partition coefficient (Wildman–Crippen LogP) is 5.00. The Morgan fingerprint density at radius 2 is 1.65 bits per heavy atom. The standard InChI is InChI=1S/C22H25N3O/c1-2-4-16-7-13-19(14-8-16)22-24-21(25-26-22)18-11-9-17(10-12-18)15-23-20-5-3-6-20/h7-14,20,23H,2-6,15H2,1H3. The van der Waals surface area contributed by atoms with Crippen LogP contribution in [0, 0.1) is 0 Å². The first-order valence-corrected chi connectivity index (χ1v) is 9.57. The van der Waals surface area contributed by atoms with Crippen molar-refractivity contribution < 1.29 is 4.52 Å². The molecule has 4 nitrogen and oxygen atoms in total. The second-order valence-corrected chi connectivity index (χ2v) is 7.08. The summed E-state index contributed by atoms with van der Waals surface area (Å²) in [4.78, 5) is 4.56. The zero-order valence-electron chi connectivity index (χ0n) is 15.2. The quantitative estimate of drug-likeness (QED) is 0.653. The van der Waals surface area contributed by atoms with Crippen LogP contribution in [0.3, 0.4) is 0 Å². The van der Waals surface area contributed by atoms with Gasteiger partial charge in [0, 0.05) is 23.7 Å². The van der Waals surface area contributed by atoms with Crippen molar-refractivity contribution in [2.24, 2.45) is 0 Å². The fourth-order valence-electron chi connectivity index (χ4n) is 3.21. The van der Waals surface area contributed by atoms with Crippen LogP contribution in [0.2, 0.25) is 0 Å². The number of aryl methyl sites for hydroxylation is 1. The van der Waals surface area contributed by atoms with Gasteiger partial charge >= 0.3 is 0 Å². The summed E-state index contributed by atoms with van der Waals surface area (Å²) in [6.45, 7) is 3.11. The Hall–Kier alpha value is -2.46. The molecule has 3 aromatic rings. The van der Waals surface area contributed by atoms with Gasteiger partial charge in [0.2, 0.25) is 5.82 Å². The molecular formula is C22H25N3O. The molecule has 4 rings (SSSR count). The number of aromatic nitrogens is 2. The first-order valence-electron chi connectivity index (χ1n) is 9.57. The number of rotatable bonds is 7. The molecule has 0 radical (unpaired) electrons. The number of benzene rings is 2. The van der Waals surface area contributed by atoms with Crippen molar-refractivity contribution >= 4 is 0 Å². The third-order valence-corrected chi connectivity index (χ3v) is 5.08. The maximum Gasteiger partial charge on any atom is 0.258 e. The van der Waals surface area contributed by atoms with Crippen LogP contribution < -0.4 is 5.32 Å². The van der Waals surface area contributed by atoms with Crippen molar-refractivity contribution in [2.75, 3.05) is 0 Å². The summed E-state index contributed by atoms with van der Waals surface area (Å²) in [6.07, 6.45) is 6.22. The van der Waals surface area contributed by atoms with E-state index in [0.717, 1.165) is 30.5 Å². The van der Waals surface area contributed by atoms with Crippen molar-refractivity contribution in [1.82, 2.24) is 15.5 Å². The Kier molecular flexibility index (Phi) is 5.12. The van der Waals surface area contributed by atoms with Crippen molar-refractivity contribution in [2.45, 2.75) is 51.6 Å². The van der Waals surface area contributed by atoms with Gasteiger partial charge in [-0.15, -0.1) is 0 Å². The van der Waals surface area contributed by atoms with Gasteiger partial charge in [0.25, 0.3) is 5.89 Å². The molecule has 0 unspecified atom stereocenters.